The van der Waals surface area contributed by atoms with Crippen LogP contribution >= 0.6 is 11.6 Å². The van der Waals surface area contributed by atoms with E-state index in [1.165, 1.54) is 0 Å². The highest BCUT2D eigenvalue weighted by molar-refractivity contribution is 6.30. The predicted molar refractivity (Wildman–Crippen MR) is 84.5 cm³/mol. The Labute approximate surface area is 128 Å². The predicted octanol–water partition coefficient (Wildman–Crippen LogP) is 2.69. The van der Waals surface area contributed by atoms with E-state index in [0.29, 0.717) is 5.02 Å². The van der Waals surface area contributed by atoms with E-state index in [0.717, 1.165) is 11.3 Å². The van der Waals surface area contributed by atoms with Gasteiger partial charge in [-0.25, -0.2) is 5.43 Å². The molecular weight excluding hydrogens is 288 g/mol. The lowest BCUT2D eigenvalue weighted by atomic mass is 10.2. The van der Waals surface area contributed by atoms with Crippen molar-refractivity contribution in [3.05, 3.63) is 59.4 Å². The van der Waals surface area contributed by atoms with Gasteiger partial charge < -0.3 is 5.32 Å². The van der Waals surface area contributed by atoms with Crippen molar-refractivity contribution in [1.29, 1.82) is 0 Å². The summed E-state index contributed by atoms with van der Waals surface area (Å²) in [5.74, 6) is -0.231. The number of amides is 1. The molecule has 1 amide bonds. The van der Waals surface area contributed by atoms with Crippen LogP contribution in [0.3, 0.4) is 0 Å². The minimum absolute atomic E-state index is 0.231. The summed E-state index contributed by atoms with van der Waals surface area (Å²) < 4.78 is 0. The molecule has 1 aromatic carbocycles. The first-order chi connectivity index (χ1) is 10.1. The SMILES string of the molecule is C[C@H](Nc1ccc(Cl)cc1)C(=O)N/N=C\c1cccnc1. The molecule has 0 aliphatic carbocycles. The summed E-state index contributed by atoms with van der Waals surface area (Å²) >= 11 is 5.81. The van der Waals surface area contributed by atoms with Gasteiger partial charge in [-0.3, -0.25) is 9.78 Å². The zero-order valence-electron chi connectivity index (χ0n) is 11.5. The molecule has 0 saturated heterocycles. The lowest BCUT2D eigenvalue weighted by molar-refractivity contribution is -0.121. The van der Waals surface area contributed by atoms with Crippen molar-refractivity contribution in [1.82, 2.24) is 10.4 Å². The second-order valence-corrected chi connectivity index (χ2v) is 4.83. The third-order valence-electron chi connectivity index (χ3n) is 2.69. The van der Waals surface area contributed by atoms with Crippen molar-refractivity contribution in [2.45, 2.75) is 13.0 Å². The first-order valence-corrected chi connectivity index (χ1v) is 6.78. The largest absolute Gasteiger partial charge is 0.374 e. The molecule has 5 nitrogen and oxygen atoms in total. The van der Waals surface area contributed by atoms with Gasteiger partial charge in [0.1, 0.15) is 6.04 Å². The van der Waals surface area contributed by atoms with Gasteiger partial charge in [0, 0.05) is 28.7 Å². The standard InChI is InChI=1S/C15H15ClN4O/c1-11(19-14-6-4-13(16)5-7-14)15(21)20-18-10-12-3-2-8-17-9-12/h2-11,19H,1H3,(H,20,21)/b18-10-/t11-/m0/s1. The lowest BCUT2D eigenvalue weighted by Gasteiger charge is -2.13. The highest BCUT2D eigenvalue weighted by Crippen LogP contribution is 2.14. The summed E-state index contributed by atoms with van der Waals surface area (Å²) in [7, 11) is 0. The van der Waals surface area contributed by atoms with Crippen molar-refractivity contribution in [3.8, 4) is 0 Å². The highest BCUT2D eigenvalue weighted by Gasteiger charge is 2.11. The Morgan fingerprint density at radius 3 is 2.76 bits per heavy atom. The van der Waals surface area contributed by atoms with Gasteiger partial charge in [0.25, 0.3) is 5.91 Å². The normalized spacial score (nSPS) is 12.1. The van der Waals surface area contributed by atoms with E-state index in [1.54, 1.807) is 43.7 Å². The molecule has 1 heterocycles. The van der Waals surface area contributed by atoms with Crippen LogP contribution in [0.5, 0.6) is 0 Å². The summed E-state index contributed by atoms with van der Waals surface area (Å²) in [6.45, 7) is 1.75. The Kier molecular flexibility index (Phi) is 5.29. The van der Waals surface area contributed by atoms with E-state index in [-0.39, 0.29) is 5.91 Å². The third-order valence-corrected chi connectivity index (χ3v) is 2.95. The smallest absolute Gasteiger partial charge is 0.262 e. The number of carbonyl (C=O) groups excluding carboxylic acids is 1. The van der Waals surface area contributed by atoms with Gasteiger partial charge in [-0.2, -0.15) is 5.10 Å². The number of nitrogens with one attached hydrogen (secondary N) is 2. The number of rotatable bonds is 5. The quantitative estimate of drug-likeness (QED) is 0.659. The second kappa shape index (κ2) is 7.40. The molecule has 21 heavy (non-hydrogen) atoms. The van der Waals surface area contributed by atoms with Crippen molar-refractivity contribution in [2.75, 3.05) is 5.32 Å². The molecular formula is C15H15ClN4O. The van der Waals surface area contributed by atoms with Crippen LogP contribution in [0.15, 0.2) is 53.9 Å². The summed E-state index contributed by atoms with van der Waals surface area (Å²) in [4.78, 5) is 15.8. The zero-order valence-corrected chi connectivity index (χ0v) is 12.2. The van der Waals surface area contributed by atoms with E-state index in [2.05, 4.69) is 20.8 Å². The number of carbonyl (C=O) groups is 1. The van der Waals surface area contributed by atoms with Gasteiger partial charge in [0.15, 0.2) is 0 Å². The minimum Gasteiger partial charge on any atom is -0.374 e. The Bertz CT molecular complexity index is 613. The molecule has 6 heteroatoms. The Hall–Kier alpha value is -2.40. The molecule has 1 atom stereocenters. The maximum Gasteiger partial charge on any atom is 0.262 e. The summed E-state index contributed by atoms with van der Waals surface area (Å²) in [6.07, 6.45) is 4.87. The number of benzene rings is 1. The van der Waals surface area contributed by atoms with Crippen LogP contribution in [0.25, 0.3) is 0 Å². The van der Waals surface area contributed by atoms with Gasteiger partial charge in [0.05, 0.1) is 6.21 Å². The molecule has 0 spiro atoms. The molecule has 108 valence electrons. The first kappa shape index (κ1) is 15.0. The van der Waals surface area contributed by atoms with Crippen molar-refractivity contribution in [3.63, 3.8) is 0 Å². The number of aromatic nitrogens is 1. The van der Waals surface area contributed by atoms with Gasteiger partial charge in [-0.1, -0.05) is 17.7 Å². The van der Waals surface area contributed by atoms with Crippen LogP contribution in [0.4, 0.5) is 5.69 Å². The number of hydrogen-bond acceptors (Lipinski definition) is 4. The number of hydrazone groups is 1. The molecule has 0 radical (unpaired) electrons. The topological polar surface area (TPSA) is 66.4 Å². The second-order valence-electron chi connectivity index (χ2n) is 4.39. The molecule has 0 bridgehead atoms. The van der Waals surface area contributed by atoms with Crippen LogP contribution in [0.2, 0.25) is 5.02 Å². The fourth-order valence-electron chi connectivity index (χ4n) is 1.58. The molecule has 0 aliphatic heterocycles. The first-order valence-electron chi connectivity index (χ1n) is 6.40. The molecule has 2 N–H and O–H groups in total. The van der Waals surface area contributed by atoms with Crippen LogP contribution in [-0.2, 0) is 4.79 Å². The Balaban J connectivity index is 1.85. The summed E-state index contributed by atoms with van der Waals surface area (Å²) in [6, 6.07) is 10.4. The van der Waals surface area contributed by atoms with E-state index in [1.807, 2.05) is 18.2 Å². The van der Waals surface area contributed by atoms with Crippen LogP contribution in [-0.4, -0.2) is 23.1 Å². The van der Waals surface area contributed by atoms with Crippen molar-refractivity contribution < 1.29 is 4.79 Å². The minimum atomic E-state index is -0.419. The molecule has 2 rings (SSSR count). The number of pyridine rings is 1. The molecule has 2 aromatic rings. The number of nitrogens with zero attached hydrogens (tertiary/aromatic N) is 2. The van der Waals surface area contributed by atoms with E-state index in [4.69, 9.17) is 11.6 Å². The zero-order chi connectivity index (χ0) is 15.1. The van der Waals surface area contributed by atoms with Crippen molar-refractivity contribution >= 4 is 29.4 Å². The fourth-order valence-corrected chi connectivity index (χ4v) is 1.71. The molecule has 0 saturated carbocycles. The Morgan fingerprint density at radius 2 is 2.10 bits per heavy atom. The van der Waals surface area contributed by atoms with Gasteiger partial charge >= 0.3 is 0 Å². The molecule has 0 fully saturated rings. The third kappa shape index (κ3) is 4.89. The Morgan fingerprint density at radius 1 is 1.33 bits per heavy atom. The molecule has 0 aliphatic rings. The average Bonchev–Trinajstić information content (AvgIpc) is 2.50. The number of halogens is 1. The van der Waals surface area contributed by atoms with Crippen LogP contribution < -0.4 is 10.7 Å². The molecule has 1 aromatic heterocycles. The maximum atomic E-state index is 11.9. The van der Waals surface area contributed by atoms with Gasteiger partial charge in [0.2, 0.25) is 0 Å². The monoisotopic (exact) mass is 302 g/mol. The van der Waals surface area contributed by atoms with Gasteiger partial charge in [-0.15, -0.1) is 0 Å². The average molecular weight is 303 g/mol. The van der Waals surface area contributed by atoms with E-state index in [9.17, 15) is 4.79 Å². The maximum absolute atomic E-state index is 11.9. The lowest BCUT2D eigenvalue weighted by Crippen LogP contribution is -2.34. The van der Waals surface area contributed by atoms with Crippen LogP contribution in [0.1, 0.15) is 12.5 Å². The highest BCUT2D eigenvalue weighted by atomic mass is 35.5. The van der Waals surface area contributed by atoms with Gasteiger partial charge in [-0.05, 0) is 37.3 Å². The number of anilines is 1. The number of hydrogen-bond donors (Lipinski definition) is 2. The summed E-state index contributed by atoms with van der Waals surface area (Å²) in [5.41, 5.74) is 4.11. The molecule has 0 unspecified atom stereocenters. The fraction of sp³-hybridized carbons (Fsp3) is 0.133. The van der Waals surface area contributed by atoms with E-state index < -0.39 is 6.04 Å². The summed E-state index contributed by atoms with van der Waals surface area (Å²) in [5, 5.41) is 7.60. The van der Waals surface area contributed by atoms with Crippen molar-refractivity contribution in [2.24, 2.45) is 5.10 Å². The van der Waals surface area contributed by atoms with Crippen LogP contribution in [0, 0.1) is 0 Å². The van der Waals surface area contributed by atoms with E-state index >= 15 is 0 Å².